The summed E-state index contributed by atoms with van der Waals surface area (Å²) in [5.74, 6) is -1.61. The topological polar surface area (TPSA) is 66.4 Å². The summed E-state index contributed by atoms with van der Waals surface area (Å²) in [5, 5.41) is 11.8. The minimum atomic E-state index is -0.910. The lowest BCUT2D eigenvalue weighted by Gasteiger charge is -2.36. The predicted octanol–water partition coefficient (Wildman–Crippen LogP) is 2.85. The Hall–Kier alpha value is -1.43. The molecule has 0 aliphatic heterocycles. The first-order valence-electron chi connectivity index (χ1n) is 6.36. The van der Waals surface area contributed by atoms with Gasteiger partial charge < -0.3 is 10.4 Å². The number of carboxylic acid groups (broad SMARTS) is 1. The monoisotopic (exact) mass is 343 g/mol. The van der Waals surface area contributed by atoms with Crippen LogP contribution in [0.25, 0.3) is 0 Å². The van der Waals surface area contributed by atoms with Crippen LogP contribution in [0.15, 0.2) is 22.7 Å². The van der Waals surface area contributed by atoms with Crippen LogP contribution < -0.4 is 5.32 Å². The maximum Gasteiger partial charge on any atom is 0.310 e. The standard InChI is InChI=1S/C14H15BrFNO3/c15-10-4-9(5-11(16)6-10)8-17-12(18)7-14(13(19)20)2-1-3-14/h4-6H,1-3,7-8H2,(H,17,18)(H,19,20). The molecule has 0 bridgehead atoms. The van der Waals surface area contributed by atoms with Gasteiger partial charge in [0.25, 0.3) is 0 Å². The van der Waals surface area contributed by atoms with Gasteiger partial charge in [0, 0.05) is 17.4 Å². The van der Waals surface area contributed by atoms with Crippen molar-refractivity contribution in [1.29, 1.82) is 0 Å². The first kappa shape index (κ1) is 15.0. The van der Waals surface area contributed by atoms with Crippen LogP contribution in [0.3, 0.4) is 0 Å². The summed E-state index contributed by atoms with van der Waals surface area (Å²) in [5.41, 5.74) is -0.268. The summed E-state index contributed by atoms with van der Waals surface area (Å²) in [6.45, 7) is 0.185. The smallest absolute Gasteiger partial charge is 0.310 e. The Morgan fingerprint density at radius 3 is 2.55 bits per heavy atom. The molecule has 2 rings (SSSR count). The molecule has 1 amide bonds. The van der Waals surface area contributed by atoms with Crippen LogP contribution in [-0.2, 0) is 16.1 Å². The predicted molar refractivity (Wildman–Crippen MR) is 74.5 cm³/mol. The number of carbonyl (C=O) groups excluding carboxylic acids is 1. The van der Waals surface area contributed by atoms with Gasteiger partial charge in [-0.3, -0.25) is 9.59 Å². The molecule has 20 heavy (non-hydrogen) atoms. The van der Waals surface area contributed by atoms with Crippen LogP contribution in [0.2, 0.25) is 0 Å². The molecule has 1 saturated carbocycles. The maximum absolute atomic E-state index is 13.2. The molecule has 0 radical (unpaired) electrons. The van der Waals surface area contributed by atoms with E-state index < -0.39 is 11.4 Å². The van der Waals surface area contributed by atoms with Gasteiger partial charge >= 0.3 is 5.97 Å². The van der Waals surface area contributed by atoms with Crippen molar-refractivity contribution in [3.05, 3.63) is 34.1 Å². The molecule has 108 valence electrons. The number of hydrogen-bond donors (Lipinski definition) is 2. The van der Waals surface area contributed by atoms with Crippen molar-refractivity contribution < 1.29 is 19.1 Å². The minimum Gasteiger partial charge on any atom is -0.481 e. The van der Waals surface area contributed by atoms with Gasteiger partial charge in [0.05, 0.1) is 5.41 Å². The molecule has 0 spiro atoms. The van der Waals surface area contributed by atoms with E-state index in [1.807, 2.05) is 0 Å². The van der Waals surface area contributed by atoms with Crippen molar-refractivity contribution in [3.8, 4) is 0 Å². The molecule has 0 saturated heterocycles. The van der Waals surface area contributed by atoms with Crippen molar-refractivity contribution in [1.82, 2.24) is 5.32 Å². The molecule has 1 aromatic carbocycles. The van der Waals surface area contributed by atoms with E-state index in [0.29, 0.717) is 22.9 Å². The van der Waals surface area contributed by atoms with E-state index in [2.05, 4.69) is 21.2 Å². The molecule has 1 aliphatic rings. The molecular weight excluding hydrogens is 329 g/mol. The fraction of sp³-hybridized carbons (Fsp3) is 0.429. The second kappa shape index (κ2) is 5.91. The van der Waals surface area contributed by atoms with Crippen LogP contribution in [0.4, 0.5) is 4.39 Å². The average Bonchev–Trinajstić information content (AvgIpc) is 2.29. The first-order valence-corrected chi connectivity index (χ1v) is 7.16. The number of nitrogens with one attached hydrogen (secondary N) is 1. The number of carbonyl (C=O) groups is 2. The summed E-state index contributed by atoms with van der Waals surface area (Å²) in [7, 11) is 0. The fourth-order valence-electron chi connectivity index (χ4n) is 2.35. The third kappa shape index (κ3) is 3.36. The first-order chi connectivity index (χ1) is 9.41. The van der Waals surface area contributed by atoms with E-state index in [-0.39, 0.29) is 24.7 Å². The third-order valence-electron chi connectivity index (χ3n) is 3.68. The summed E-state index contributed by atoms with van der Waals surface area (Å²) in [6.07, 6.45) is 1.91. The van der Waals surface area contributed by atoms with Gasteiger partial charge in [0.15, 0.2) is 0 Å². The molecule has 0 atom stereocenters. The highest BCUT2D eigenvalue weighted by molar-refractivity contribution is 9.10. The molecule has 1 aromatic rings. The van der Waals surface area contributed by atoms with E-state index >= 15 is 0 Å². The average molecular weight is 344 g/mol. The van der Waals surface area contributed by atoms with Gasteiger partial charge in [-0.15, -0.1) is 0 Å². The Kier molecular flexibility index (Phi) is 4.42. The molecule has 6 heteroatoms. The minimum absolute atomic E-state index is 0.0151. The van der Waals surface area contributed by atoms with Crippen LogP contribution in [0.1, 0.15) is 31.2 Å². The van der Waals surface area contributed by atoms with E-state index in [1.54, 1.807) is 6.07 Å². The Balaban J connectivity index is 1.90. The van der Waals surface area contributed by atoms with Gasteiger partial charge in [-0.1, -0.05) is 22.4 Å². The van der Waals surface area contributed by atoms with Gasteiger partial charge in [-0.25, -0.2) is 4.39 Å². The van der Waals surface area contributed by atoms with Crippen LogP contribution in [0, 0.1) is 11.2 Å². The number of halogens is 2. The lowest BCUT2D eigenvalue weighted by atomic mass is 9.66. The molecule has 0 aromatic heterocycles. The van der Waals surface area contributed by atoms with Crippen LogP contribution in [-0.4, -0.2) is 17.0 Å². The van der Waals surface area contributed by atoms with E-state index in [0.717, 1.165) is 6.42 Å². The highest BCUT2D eigenvalue weighted by atomic mass is 79.9. The zero-order chi connectivity index (χ0) is 14.8. The molecule has 1 aliphatic carbocycles. The summed E-state index contributed by atoms with van der Waals surface area (Å²) >= 11 is 3.18. The lowest BCUT2D eigenvalue weighted by molar-refractivity contribution is -0.157. The lowest BCUT2D eigenvalue weighted by Crippen LogP contribution is -2.42. The summed E-state index contributed by atoms with van der Waals surface area (Å²) in [4.78, 5) is 23.0. The van der Waals surface area contributed by atoms with E-state index in [1.165, 1.54) is 12.1 Å². The number of benzene rings is 1. The number of rotatable bonds is 5. The highest BCUT2D eigenvalue weighted by Gasteiger charge is 2.45. The summed E-state index contributed by atoms with van der Waals surface area (Å²) in [6, 6.07) is 4.38. The number of amides is 1. The maximum atomic E-state index is 13.2. The van der Waals surface area contributed by atoms with Crippen molar-refractivity contribution in [2.45, 2.75) is 32.2 Å². The Morgan fingerprint density at radius 1 is 1.35 bits per heavy atom. The summed E-state index contributed by atoms with van der Waals surface area (Å²) < 4.78 is 13.8. The Bertz CT molecular complexity index is 523. The molecule has 0 unspecified atom stereocenters. The molecule has 1 fully saturated rings. The second-order valence-electron chi connectivity index (χ2n) is 5.17. The molecular formula is C14H15BrFNO3. The Morgan fingerprint density at radius 2 is 2.05 bits per heavy atom. The quantitative estimate of drug-likeness (QED) is 0.863. The fourth-order valence-corrected chi connectivity index (χ4v) is 2.87. The van der Waals surface area contributed by atoms with Gasteiger partial charge in [0.2, 0.25) is 5.91 Å². The molecule has 0 heterocycles. The largest absolute Gasteiger partial charge is 0.481 e. The Labute approximate surface area is 124 Å². The number of hydrogen-bond acceptors (Lipinski definition) is 2. The molecule has 2 N–H and O–H groups in total. The third-order valence-corrected chi connectivity index (χ3v) is 4.13. The zero-order valence-corrected chi connectivity index (χ0v) is 12.4. The SMILES string of the molecule is O=C(CC1(C(=O)O)CCC1)NCc1cc(F)cc(Br)c1. The van der Waals surface area contributed by atoms with Gasteiger partial charge in [-0.05, 0) is 36.6 Å². The van der Waals surface area contributed by atoms with Crippen molar-refractivity contribution >= 4 is 27.8 Å². The highest BCUT2D eigenvalue weighted by Crippen LogP contribution is 2.44. The van der Waals surface area contributed by atoms with E-state index in [4.69, 9.17) is 5.11 Å². The van der Waals surface area contributed by atoms with Crippen molar-refractivity contribution in [2.75, 3.05) is 0 Å². The van der Waals surface area contributed by atoms with Crippen molar-refractivity contribution in [2.24, 2.45) is 5.41 Å². The van der Waals surface area contributed by atoms with E-state index in [9.17, 15) is 14.0 Å². The van der Waals surface area contributed by atoms with Gasteiger partial charge in [0.1, 0.15) is 5.82 Å². The van der Waals surface area contributed by atoms with Crippen LogP contribution >= 0.6 is 15.9 Å². The second-order valence-corrected chi connectivity index (χ2v) is 6.09. The number of aliphatic carboxylic acids is 1. The zero-order valence-electron chi connectivity index (χ0n) is 10.8. The van der Waals surface area contributed by atoms with Gasteiger partial charge in [-0.2, -0.15) is 0 Å². The van der Waals surface area contributed by atoms with Crippen molar-refractivity contribution in [3.63, 3.8) is 0 Å². The number of carboxylic acids is 1. The van der Waals surface area contributed by atoms with Crippen LogP contribution in [0.5, 0.6) is 0 Å². The normalized spacial score (nSPS) is 16.3. The molecule has 4 nitrogen and oxygen atoms in total.